The lowest BCUT2D eigenvalue weighted by Gasteiger charge is -2.29. The second-order valence-electron chi connectivity index (χ2n) is 7.01. The van der Waals surface area contributed by atoms with Crippen LogP contribution in [0.2, 0.25) is 0 Å². The van der Waals surface area contributed by atoms with Crippen molar-refractivity contribution in [2.45, 2.75) is 17.4 Å². The first-order valence-electron chi connectivity index (χ1n) is 9.88. The van der Waals surface area contributed by atoms with Crippen LogP contribution in [-0.4, -0.2) is 36.4 Å². The van der Waals surface area contributed by atoms with Gasteiger partial charge in [0.1, 0.15) is 6.61 Å². The highest BCUT2D eigenvalue weighted by Crippen LogP contribution is 2.34. The Labute approximate surface area is 192 Å². The molecule has 1 unspecified atom stereocenters. The number of ether oxygens (including phenoxy) is 2. The number of thiophene rings is 1. The lowest BCUT2D eigenvalue weighted by Crippen LogP contribution is -2.47. The molecule has 0 radical (unpaired) electrons. The zero-order valence-corrected chi connectivity index (χ0v) is 19.3. The number of amides is 1. The molecular weight excluding hydrogens is 448 g/mol. The lowest BCUT2D eigenvalue weighted by atomic mass is 10.2. The van der Waals surface area contributed by atoms with E-state index in [1.165, 1.54) is 21.1 Å². The van der Waals surface area contributed by atoms with Crippen LogP contribution in [0, 0.1) is 0 Å². The third kappa shape index (κ3) is 4.28. The number of para-hydroxylation sites is 2. The van der Waals surface area contributed by atoms with E-state index >= 15 is 0 Å². The third-order valence-electron chi connectivity index (χ3n) is 5.03. The molecular formula is C23H20N2O3S3. The topological polar surface area (TPSA) is 51.7 Å². The summed E-state index contributed by atoms with van der Waals surface area (Å²) in [6.07, 6.45) is 2.12. The van der Waals surface area contributed by atoms with Crippen LogP contribution >= 0.6 is 34.4 Å². The van der Waals surface area contributed by atoms with Crippen LogP contribution in [0.4, 0.5) is 5.13 Å². The Morgan fingerprint density at radius 2 is 2.06 bits per heavy atom. The highest BCUT2D eigenvalue weighted by atomic mass is 32.2. The quantitative estimate of drug-likeness (QED) is 0.350. The molecule has 1 amide bonds. The summed E-state index contributed by atoms with van der Waals surface area (Å²) in [6.45, 7) is 0.725. The summed E-state index contributed by atoms with van der Waals surface area (Å²) in [5.74, 6) is 1.13. The van der Waals surface area contributed by atoms with Gasteiger partial charge in [0.05, 0.1) is 10.2 Å². The van der Waals surface area contributed by atoms with Crippen molar-refractivity contribution in [3.05, 3.63) is 64.9 Å². The van der Waals surface area contributed by atoms with E-state index in [1.807, 2.05) is 36.4 Å². The van der Waals surface area contributed by atoms with E-state index in [0.717, 1.165) is 16.6 Å². The van der Waals surface area contributed by atoms with Gasteiger partial charge in [-0.25, -0.2) is 4.98 Å². The Morgan fingerprint density at radius 1 is 1.19 bits per heavy atom. The zero-order chi connectivity index (χ0) is 21.2. The van der Waals surface area contributed by atoms with E-state index in [2.05, 4.69) is 29.8 Å². The molecule has 1 aliphatic heterocycles. The minimum atomic E-state index is -0.702. The molecule has 3 heterocycles. The van der Waals surface area contributed by atoms with Crippen molar-refractivity contribution in [1.29, 1.82) is 0 Å². The van der Waals surface area contributed by atoms with Crippen LogP contribution in [0.15, 0.2) is 64.9 Å². The Morgan fingerprint density at radius 3 is 2.87 bits per heavy atom. The number of carbonyl (C=O) groups excluding carboxylic acids is 1. The number of benzene rings is 2. The molecule has 0 fully saturated rings. The largest absolute Gasteiger partial charge is 0.485 e. The Balaban J connectivity index is 1.44. The maximum absolute atomic E-state index is 13.6. The standard InChI is InChI=1S/C23H20N2O3S3/c1-29-16-8-9-17-21(13-16)31-23(24-17)25(11-10-15-5-4-12-30-15)22(26)20-14-27-18-6-2-3-7-19(18)28-20/h2-9,12-13,20H,10-11,14H2,1H3. The van der Waals surface area contributed by atoms with Crippen molar-refractivity contribution < 1.29 is 14.3 Å². The molecule has 5 rings (SSSR count). The lowest BCUT2D eigenvalue weighted by molar-refractivity contribution is -0.127. The maximum atomic E-state index is 13.6. The molecule has 8 heteroatoms. The number of thiazole rings is 1. The fourth-order valence-corrected chi connectivity index (χ4v) is 5.68. The minimum absolute atomic E-state index is 0.129. The minimum Gasteiger partial charge on any atom is -0.485 e. The van der Waals surface area contributed by atoms with Gasteiger partial charge in [-0.05, 0) is 54.5 Å². The van der Waals surface area contributed by atoms with E-state index in [4.69, 9.17) is 14.5 Å². The molecule has 158 valence electrons. The van der Waals surface area contributed by atoms with Gasteiger partial charge in [-0.15, -0.1) is 23.1 Å². The summed E-state index contributed by atoms with van der Waals surface area (Å²) in [5, 5.41) is 2.75. The third-order valence-corrected chi connectivity index (χ3v) is 7.73. The van der Waals surface area contributed by atoms with Crippen LogP contribution in [0.1, 0.15) is 4.88 Å². The van der Waals surface area contributed by atoms with E-state index in [1.54, 1.807) is 28.0 Å². The van der Waals surface area contributed by atoms with Gasteiger partial charge in [0.2, 0.25) is 6.10 Å². The summed E-state index contributed by atoms with van der Waals surface area (Å²) >= 11 is 4.93. The average molecular weight is 469 g/mol. The molecule has 2 aromatic carbocycles. The monoisotopic (exact) mass is 468 g/mol. The predicted octanol–water partition coefficient (Wildman–Crippen LogP) is 5.50. The summed E-state index contributed by atoms with van der Waals surface area (Å²) < 4.78 is 12.9. The Kier molecular flexibility index (Phi) is 5.85. The number of anilines is 1. The molecule has 1 aliphatic rings. The van der Waals surface area contributed by atoms with Crippen LogP contribution in [0.3, 0.4) is 0 Å². The first-order valence-corrected chi connectivity index (χ1v) is 12.8. The number of aromatic nitrogens is 1. The number of rotatable bonds is 6. The van der Waals surface area contributed by atoms with E-state index < -0.39 is 6.10 Å². The van der Waals surface area contributed by atoms with Crippen LogP contribution < -0.4 is 14.4 Å². The van der Waals surface area contributed by atoms with Gasteiger partial charge < -0.3 is 9.47 Å². The Hall–Kier alpha value is -2.55. The molecule has 0 saturated heterocycles. The smallest absolute Gasteiger partial charge is 0.273 e. The molecule has 1 atom stereocenters. The average Bonchev–Trinajstić information content (AvgIpc) is 3.48. The molecule has 0 saturated carbocycles. The highest BCUT2D eigenvalue weighted by Gasteiger charge is 2.33. The second-order valence-corrected chi connectivity index (χ2v) is 9.93. The molecule has 0 spiro atoms. The Bertz CT molecular complexity index is 1210. The fourth-order valence-electron chi connectivity index (χ4n) is 3.43. The van der Waals surface area contributed by atoms with Crippen molar-refractivity contribution in [2.75, 3.05) is 24.3 Å². The van der Waals surface area contributed by atoms with Crippen molar-refractivity contribution in [2.24, 2.45) is 0 Å². The molecule has 5 nitrogen and oxygen atoms in total. The summed E-state index contributed by atoms with van der Waals surface area (Å²) in [7, 11) is 0. The summed E-state index contributed by atoms with van der Waals surface area (Å²) in [4.78, 5) is 22.5. The van der Waals surface area contributed by atoms with Crippen molar-refractivity contribution >= 4 is 55.7 Å². The van der Waals surface area contributed by atoms with E-state index in [9.17, 15) is 4.79 Å². The zero-order valence-electron chi connectivity index (χ0n) is 16.8. The SMILES string of the molecule is CSc1ccc2nc(N(CCc3cccs3)C(=O)C3COc4ccccc4O3)sc2c1. The highest BCUT2D eigenvalue weighted by molar-refractivity contribution is 7.98. The number of thioether (sulfide) groups is 1. The van der Waals surface area contributed by atoms with Crippen LogP contribution in [-0.2, 0) is 11.2 Å². The summed E-state index contributed by atoms with van der Waals surface area (Å²) in [6, 6.07) is 17.8. The van der Waals surface area contributed by atoms with Crippen LogP contribution in [0.5, 0.6) is 11.5 Å². The van der Waals surface area contributed by atoms with Crippen molar-refractivity contribution in [1.82, 2.24) is 4.98 Å². The molecule has 0 aliphatic carbocycles. The number of carbonyl (C=O) groups is 1. The molecule has 0 bridgehead atoms. The van der Waals surface area contributed by atoms with Gasteiger partial charge in [-0.1, -0.05) is 29.5 Å². The van der Waals surface area contributed by atoms with Gasteiger partial charge >= 0.3 is 0 Å². The van der Waals surface area contributed by atoms with Gasteiger partial charge in [-0.2, -0.15) is 0 Å². The van der Waals surface area contributed by atoms with E-state index in [0.29, 0.717) is 23.2 Å². The molecule has 0 N–H and O–H groups in total. The van der Waals surface area contributed by atoms with Crippen molar-refractivity contribution in [3.8, 4) is 11.5 Å². The van der Waals surface area contributed by atoms with Gasteiger partial charge in [0, 0.05) is 16.3 Å². The van der Waals surface area contributed by atoms with Gasteiger partial charge in [-0.3, -0.25) is 9.69 Å². The first-order chi connectivity index (χ1) is 15.2. The van der Waals surface area contributed by atoms with Crippen LogP contribution in [0.25, 0.3) is 10.2 Å². The fraction of sp³-hybridized carbons (Fsp3) is 0.217. The van der Waals surface area contributed by atoms with Gasteiger partial charge in [0.15, 0.2) is 16.6 Å². The summed E-state index contributed by atoms with van der Waals surface area (Å²) in [5.41, 5.74) is 0.901. The molecule has 31 heavy (non-hydrogen) atoms. The maximum Gasteiger partial charge on any atom is 0.273 e. The van der Waals surface area contributed by atoms with E-state index in [-0.39, 0.29) is 12.5 Å². The second kappa shape index (κ2) is 8.90. The number of nitrogens with zero attached hydrogens (tertiary/aromatic N) is 2. The predicted molar refractivity (Wildman–Crippen MR) is 128 cm³/mol. The molecule has 4 aromatic rings. The van der Waals surface area contributed by atoms with Gasteiger partial charge in [0.25, 0.3) is 5.91 Å². The molecule has 2 aromatic heterocycles. The number of fused-ring (bicyclic) bond motifs is 2. The normalized spacial score (nSPS) is 15.2. The first kappa shape index (κ1) is 20.4. The number of hydrogen-bond donors (Lipinski definition) is 0. The van der Waals surface area contributed by atoms with Crippen molar-refractivity contribution in [3.63, 3.8) is 0 Å². The number of hydrogen-bond acceptors (Lipinski definition) is 7.